The summed E-state index contributed by atoms with van der Waals surface area (Å²) in [4.78, 5) is 13.8. The van der Waals surface area contributed by atoms with Gasteiger partial charge in [0.1, 0.15) is 5.82 Å². The predicted molar refractivity (Wildman–Crippen MR) is 78.5 cm³/mol. The topological polar surface area (TPSA) is 54.5 Å². The lowest BCUT2D eigenvalue weighted by Gasteiger charge is -2.21. The third-order valence-corrected chi connectivity index (χ3v) is 5.11. The quantitative estimate of drug-likeness (QED) is 0.781. The number of rotatable bonds is 2. The summed E-state index contributed by atoms with van der Waals surface area (Å²) in [6, 6.07) is 2.08. The van der Waals surface area contributed by atoms with E-state index < -0.39 is 20.8 Å². The molecule has 1 heterocycles. The van der Waals surface area contributed by atoms with Gasteiger partial charge < -0.3 is 4.90 Å². The fourth-order valence-corrected chi connectivity index (χ4v) is 3.72. The van der Waals surface area contributed by atoms with E-state index in [1.807, 2.05) is 0 Å². The van der Waals surface area contributed by atoms with Gasteiger partial charge in [-0.3, -0.25) is 4.79 Å². The molecule has 1 saturated heterocycles. The Hall–Kier alpha value is -1.14. The maximum atomic E-state index is 14.0. The molecule has 7 heteroatoms. The SMILES string of the molecule is Cc1cc(F)c(C(=O)N2CCCCCC2)cc1S(=O)(=O)Cl. The van der Waals surface area contributed by atoms with Crippen LogP contribution in [0, 0.1) is 12.7 Å². The number of carbonyl (C=O) groups excluding carboxylic acids is 1. The van der Waals surface area contributed by atoms with Crippen LogP contribution in [0.25, 0.3) is 0 Å². The van der Waals surface area contributed by atoms with Crippen molar-refractivity contribution in [2.75, 3.05) is 13.1 Å². The highest BCUT2D eigenvalue weighted by Crippen LogP contribution is 2.25. The molecule has 1 aromatic carbocycles. The normalized spacial score (nSPS) is 16.6. The van der Waals surface area contributed by atoms with E-state index in [4.69, 9.17) is 10.7 Å². The van der Waals surface area contributed by atoms with Crippen LogP contribution in [-0.4, -0.2) is 32.3 Å². The molecule has 0 unspecified atom stereocenters. The van der Waals surface area contributed by atoms with Gasteiger partial charge in [0.05, 0.1) is 10.5 Å². The van der Waals surface area contributed by atoms with Crippen LogP contribution in [0.15, 0.2) is 17.0 Å². The lowest BCUT2D eigenvalue weighted by molar-refractivity contribution is 0.0756. The van der Waals surface area contributed by atoms with E-state index in [1.165, 1.54) is 6.92 Å². The highest BCUT2D eigenvalue weighted by Gasteiger charge is 2.24. The highest BCUT2D eigenvalue weighted by atomic mass is 35.7. The molecule has 0 aromatic heterocycles. The Bertz CT molecular complexity index is 652. The Labute approximate surface area is 128 Å². The highest BCUT2D eigenvalue weighted by molar-refractivity contribution is 8.13. The molecule has 0 spiro atoms. The van der Waals surface area contributed by atoms with Crippen molar-refractivity contribution >= 4 is 25.6 Å². The summed E-state index contributed by atoms with van der Waals surface area (Å²) < 4.78 is 37.0. The second-order valence-electron chi connectivity index (χ2n) is 5.24. The molecule has 1 aliphatic rings. The van der Waals surface area contributed by atoms with Crippen molar-refractivity contribution < 1.29 is 17.6 Å². The average Bonchev–Trinajstić information content (AvgIpc) is 2.65. The van der Waals surface area contributed by atoms with E-state index >= 15 is 0 Å². The molecule has 0 radical (unpaired) electrons. The molecular formula is C14H17ClFNO3S. The molecule has 116 valence electrons. The first-order valence-corrected chi connectivity index (χ1v) is 9.15. The summed E-state index contributed by atoms with van der Waals surface area (Å²) in [5.74, 6) is -1.19. The molecule has 0 aliphatic carbocycles. The van der Waals surface area contributed by atoms with Gasteiger partial charge >= 0.3 is 0 Å². The van der Waals surface area contributed by atoms with Crippen LogP contribution in [0.1, 0.15) is 41.6 Å². The van der Waals surface area contributed by atoms with Crippen LogP contribution in [0.5, 0.6) is 0 Å². The van der Waals surface area contributed by atoms with E-state index in [-0.39, 0.29) is 16.0 Å². The van der Waals surface area contributed by atoms with Crippen LogP contribution >= 0.6 is 10.7 Å². The summed E-state index contributed by atoms with van der Waals surface area (Å²) in [5, 5.41) is 0. The third kappa shape index (κ3) is 3.74. The van der Waals surface area contributed by atoms with Crippen LogP contribution < -0.4 is 0 Å². The average molecular weight is 334 g/mol. The maximum absolute atomic E-state index is 14.0. The van der Waals surface area contributed by atoms with Crippen molar-refractivity contribution in [2.45, 2.75) is 37.5 Å². The molecule has 0 bridgehead atoms. The first kappa shape index (κ1) is 16.2. The first-order valence-electron chi connectivity index (χ1n) is 6.85. The number of hydrogen-bond acceptors (Lipinski definition) is 3. The maximum Gasteiger partial charge on any atom is 0.261 e. The van der Waals surface area contributed by atoms with Gasteiger partial charge in [-0.15, -0.1) is 0 Å². The molecule has 4 nitrogen and oxygen atoms in total. The number of nitrogens with zero attached hydrogens (tertiary/aromatic N) is 1. The molecule has 1 aromatic rings. The summed E-state index contributed by atoms with van der Waals surface area (Å²) in [6.45, 7) is 2.57. The monoisotopic (exact) mass is 333 g/mol. The number of aryl methyl sites for hydroxylation is 1. The fraction of sp³-hybridized carbons (Fsp3) is 0.500. The van der Waals surface area contributed by atoms with Gasteiger partial charge in [0.25, 0.3) is 15.0 Å². The summed E-state index contributed by atoms with van der Waals surface area (Å²) in [7, 11) is 1.32. The van der Waals surface area contributed by atoms with Gasteiger partial charge in [0, 0.05) is 23.8 Å². The minimum absolute atomic E-state index is 0.190. The summed E-state index contributed by atoms with van der Waals surface area (Å²) >= 11 is 0. The number of benzene rings is 1. The standard InChI is InChI=1S/C14H17ClFNO3S/c1-10-8-12(16)11(9-13(10)21(15,19)20)14(18)17-6-4-2-3-5-7-17/h8-9H,2-7H2,1H3. The molecule has 0 N–H and O–H groups in total. The summed E-state index contributed by atoms with van der Waals surface area (Å²) in [5.41, 5.74) is -0.0448. The second kappa shape index (κ2) is 6.32. The van der Waals surface area contributed by atoms with Gasteiger partial charge in [-0.05, 0) is 37.5 Å². The van der Waals surface area contributed by atoms with Gasteiger partial charge in [-0.2, -0.15) is 0 Å². The Morgan fingerprint density at radius 3 is 2.29 bits per heavy atom. The minimum Gasteiger partial charge on any atom is -0.339 e. The number of halogens is 2. The molecule has 2 rings (SSSR count). The van der Waals surface area contributed by atoms with Crippen LogP contribution in [0.4, 0.5) is 4.39 Å². The van der Waals surface area contributed by atoms with Crippen molar-refractivity contribution in [3.63, 3.8) is 0 Å². The molecule has 0 atom stereocenters. The third-order valence-electron chi connectivity index (χ3n) is 3.65. The van der Waals surface area contributed by atoms with Crippen molar-refractivity contribution in [3.8, 4) is 0 Å². The van der Waals surface area contributed by atoms with Crippen LogP contribution in [0.3, 0.4) is 0 Å². The van der Waals surface area contributed by atoms with E-state index in [9.17, 15) is 17.6 Å². The minimum atomic E-state index is -4.01. The molecule has 1 fully saturated rings. The molecule has 21 heavy (non-hydrogen) atoms. The number of hydrogen-bond donors (Lipinski definition) is 0. The largest absolute Gasteiger partial charge is 0.339 e. The number of carbonyl (C=O) groups is 1. The lowest BCUT2D eigenvalue weighted by atomic mass is 10.1. The van der Waals surface area contributed by atoms with E-state index in [0.29, 0.717) is 13.1 Å². The molecular weight excluding hydrogens is 317 g/mol. The van der Waals surface area contributed by atoms with E-state index in [1.54, 1.807) is 4.90 Å². The van der Waals surface area contributed by atoms with Gasteiger partial charge in [0.2, 0.25) is 0 Å². The van der Waals surface area contributed by atoms with Crippen LogP contribution in [-0.2, 0) is 9.05 Å². The van der Waals surface area contributed by atoms with Crippen molar-refractivity contribution in [1.29, 1.82) is 0 Å². The Morgan fingerprint density at radius 1 is 1.19 bits per heavy atom. The van der Waals surface area contributed by atoms with Crippen molar-refractivity contribution in [2.24, 2.45) is 0 Å². The number of amides is 1. The zero-order valence-electron chi connectivity index (χ0n) is 11.7. The van der Waals surface area contributed by atoms with Crippen molar-refractivity contribution in [3.05, 3.63) is 29.1 Å². The predicted octanol–water partition coefficient (Wildman–Crippen LogP) is 3.08. The second-order valence-corrected chi connectivity index (χ2v) is 7.78. The Balaban J connectivity index is 2.40. The van der Waals surface area contributed by atoms with Gasteiger partial charge in [-0.1, -0.05) is 12.8 Å². The van der Waals surface area contributed by atoms with Gasteiger partial charge in [0.15, 0.2) is 0 Å². The number of likely N-dealkylation sites (tertiary alicyclic amines) is 1. The van der Waals surface area contributed by atoms with Crippen molar-refractivity contribution in [1.82, 2.24) is 4.90 Å². The Morgan fingerprint density at radius 2 is 1.76 bits per heavy atom. The van der Waals surface area contributed by atoms with Gasteiger partial charge in [-0.25, -0.2) is 12.8 Å². The first-order chi connectivity index (χ1) is 9.80. The van der Waals surface area contributed by atoms with E-state index in [0.717, 1.165) is 37.8 Å². The van der Waals surface area contributed by atoms with Crippen LogP contribution in [0.2, 0.25) is 0 Å². The molecule has 1 aliphatic heterocycles. The zero-order valence-corrected chi connectivity index (χ0v) is 13.3. The van der Waals surface area contributed by atoms with E-state index in [2.05, 4.69) is 0 Å². The molecule has 0 saturated carbocycles. The summed E-state index contributed by atoms with van der Waals surface area (Å²) in [6.07, 6.45) is 3.84. The lowest BCUT2D eigenvalue weighted by Crippen LogP contribution is -2.32. The Kier molecular flexibility index (Phi) is 4.88. The fourth-order valence-electron chi connectivity index (χ4n) is 2.52. The smallest absolute Gasteiger partial charge is 0.261 e. The zero-order chi connectivity index (χ0) is 15.6. The molecule has 1 amide bonds.